The Kier molecular flexibility index (Phi) is 6.93. The van der Waals surface area contributed by atoms with Gasteiger partial charge in [0.1, 0.15) is 0 Å². The van der Waals surface area contributed by atoms with Crippen LogP contribution in [0.4, 0.5) is 17.1 Å². The average Bonchev–Trinajstić information content (AvgIpc) is 3.67. The number of para-hydroxylation sites is 1. The van der Waals surface area contributed by atoms with Crippen LogP contribution in [-0.4, -0.2) is 0 Å². The molecular formula is C55H43N. The molecule has 1 heteroatoms. The van der Waals surface area contributed by atoms with Crippen LogP contribution in [0.2, 0.25) is 0 Å². The molecule has 268 valence electrons. The first-order valence-electron chi connectivity index (χ1n) is 19.9. The first kappa shape index (κ1) is 32.9. The number of nitrogens with zero attached hydrogens (tertiary/aromatic N) is 1. The third-order valence-corrected chi connectivity index (χ3v) is 13.3. The van der Waals surface area contributed by atoms with Crippen LogP contribution in [0.15, 0.2) is 188 Å². The molecule has 0 N–H and O–H groups in total. The number of fused-ring (bicyclic) bond motifs is 12. The van der Waals surface area contributed by atoms with Crippen molar-refractivity contribution in [2.24, 2.45) is 0 Å². The van der Waals surface area contributed by atoms with Gasteiger partial charge in [0.2, 0.25) is 0 Å². The summed E-state index contributed by atoms with van der Waals surface area (Å²) in [6, 6.07) is 70.5. The highest BCUT2D eigenvalue weighted by Gasteiger charge is 2.53. The summed E-state index contributed by atoms with van der Waals surface area (Å²) >= 11 is 0. The van der Waals surface area contributed by atoms with E-state index in [2.05, 4.69) is 221 Å². The molecule has 0 saturated carbocycles. The minimum Gasteiger partial charge on any atom is -0.310 e. The normalized spacial score (nSPS) is 15.6. The lowest BCUT2D eigenvalue weighted by molar-refractivity contribution is 0.563. The topological polar surface area (TPSA) is 3.24 Å². The molecule has 1 spiro atoms. The molecule has 1 nitrogen and oxygen atoms in total. The van der Waals surface area contributed by atoms with E-state index in [0.717, 1.165) is 17.1 Å². The van der Waals surface area contributed by atoms with Crippen LogP contribution in [0.3, 0.4) is 0 Å². The molecule has 0 fully saturated rings. The van der Waals surface area contributed by atoms with Gasteiger partial charge < -0.3 is 4.90 Å². The molecular weight excluding hydrogens is 675 g/mol. The Balaban J connectivity index is 1.11. The second-order valence-electron chi connectivity index (χ2n) is 16.9. The van der Waals surface area contributed by atoms with Crippen molar-refractivity contribution in [2.45, 2.75) is 43.9 Å². The van der Waals surface area contributed by atoms with Crippen LogP contribution in [0.1, 0.15) is 72.2 Å². The van der Waals surface area contributed by atoms with Crippen LogP contribution >= 0.6 is 0 Å². The highest BCUT2D eigenvalue weighted by atomic mass is 15.1. The maximum Gasteiger partial charge on any atom is 0.0720 e. The summed E-state index contributed by atoms with van der Waals surface area (Å²) in [5.41, 5.74) is 21.6. The Labute approximate surface area is 330 Å². The minimum absolute atomic E-state index is 0.0831. The van der Waals surface area contributed by atoms with E-state index in [0.29, 0.717) is 0 Å². The molecule has 0 aliphatic heterocycles. The van der Waals surface area contributed by atoms with Crippen molar-refractivity contribution in [3.63, 3.8) is 0 Å². The largest absolute Gasteiger partial charge is 0.310 e. The van der Waals surface area contributed by atoms with Gasteiger partial charge in [-0.05, 0) is 114 Å². The average molecular weight is 718 g/mol. The van der Waals surface area contributed by atoms with Crippen molar-refractivity contribution in [1.29, 1.82) is 0 Å². The van der Waals surface area contributed by atoms with E-state index >= 15 is 0 Å². The van der Waals surface area contributed by atoms with Gasteiger partial charge in [-0.25, -0.2) is 0 Å². The summed E-state index contributed by atoms with van der Waals surface area (Å²) in [7, 11) is 0. The van der Waals surface area contributed by atoms with Crippen LogP contribution in [0, 0.1) is 0 Å². The van der Waals surface area contributed by atoms with Gasteiger partial charge in [-0.2, -0.15) is 0 Å². The van der Waals surface area contributed by atoms with Gasteiger partial charge in [-0.1, -0.05) is 179 Å². The Hall–Kier alpha value is -6.44. The van der Waals surface area contributed by atoms with E-state index in [9.17, 15) is 0 Å². The van der Waals surface area contributed by atoms with Crippen molar-refractivity contribution < 1.29 is 0 Å². The molecule has 0 aromatic heterocycles. The summed E-state index contributed by atoms with van der Waals surface area (Å²) in [4.78, 5) is 2.44. The summed E-state index contributed by atoms with van der Waals surface area (Å²) in [5, 5.41) is 0. The predicted octanol–water partition coefficient (Wildman–Crippen LogP) is 14.1. The second kappa shape index (κ2) is 11.8. The standard InChI is InChI=1S/C55H43N/c1-53(2)48-27-14-15-28-50(48)55(46-25-12-9-19-41(46)42-20-10-13-26-47(42)55)51-35-39(33-34-49(51)53)56(37-17-6-5-7-18-37)38-31-29-36(30-32-38)40-22-16-23-44-43-21-8-11-24-45(43)54(3,4)52(40)44/h5-35H,1-4H3. The minimum atomic E-state index is -0.449. The van der Waals surface area contributed by atoms with Gasteiger partial charge in [0.15, 0.2) is 0 Å². The second-order valence-corrected chi connectivity index (χ2v) is 16.9. The Morgan fingerprint density at radius 2 is 0.768 bits per heavy atom. The smallest absolute Gasteiger partial charge is 0.0720 e. The number of hydrogen-bond acceptors (Lipinski definition) is 1. The highest BCUT2D eigenvalue weighted by molar-refractivity contribution is 5.91. The maximum atomic E-state index is 2.51. The third kappa shape index (κ3) is 4.32. The Bertz CT molecular complexity index is 2810. The van der Waals surface area contributed by atoms with Gasteiger partial charge >= 0.3 is 0 Å². The number of rotatable bonds is 4. The summed E-state index contributed by atoms with van der Waals surface area (Å²) in [5.74, 6) is 0. The van der Waals surface area contributed by atoms with Gasteiger partial charge in [0.25, 0.3) is 0 Å². The molecule has 0 saturated heterocycles. The molecule has 0 unspecified atom stereocenters. The number of anilines is 3. The fraction of sp³-hybridized carbons (Fsp3) is 0.127. The molecule has 8 aromatic carbocycles. The van der Waals surface area contributed by atoms with Crippen molar-refractivity contribution in [1.82, 2.24) is 0 Å². The van der Waals surface area contributed by atoms with Crippen molar-refractivity contribution >= 4 is 17.1 Å². The van der Waals surface area contributed by atoms with Crippen LogP contribution < -0.4 is 4.90 Å². The van der Waals surface area contributed by atoms with E-state index in [1.165, 1.54) is 77.9 Å². The molecule has 8 aromatic rings. The summed E-state index contributed by atoms with van der Waals surface area (Å²) < 4.78 is 0. The van der Waals surface area contributed by atoms with Crippen molar-refractivity contribution in [3.8, 4) is 33.4 Å². The lowest BCUT2D eigenvalue weighted by Crippen LogP contribution is -2.40. The molecule has 0 radical (unpaired) electrons. The fourth-order valence-corrected chi connectivity index (χ4v) is 10.9. The highest BCUT2D eigenvalue weighted by Crippen LogP contribution is 2.62. The van der Waals surface area contributed by atoms with Crippen LogP contribution in [0.25, 0.3) is 33.4 Å². The molecule has 0 atom stereocenters. The quantitative estimate of drug-likeness (QED) is 0.175. The molecule has 0 amide bonds. The molecule has 3 aliphatic carbocycles. The summed E-state index contributed by atoms with van der Waals surface area (Å²) in [6.07, 6.45) is 0. The zero-order valence-corrected chi connectivity index (χ0v) is 32.3. The molecule has 0 heterocycles. The fourth-order valence-electron chi connectivity index (χ4n) is 10.9. The Morgan fingerprint density at radius 3 is 1.43 bits per heavy atom. The Morgan fingerprint density at radius 1 is 0.304 bits per heavy atom. The van der Waals surface area contributed by atoms with E-state index in [1.807, 2.05) is 0 Å². The van der Waals surface area contributed by atoms with Crippen molar-refractivity contribution in [3.05, 3.63) is 233 Å². The van der Waals surface area contributed by atoms with E-state index < -0.39 is 5.41 Å². The number of hydrogen-bond donors (Lipinski definition) is 0. The lowest BCUT2D eigenvalue weighted by Gasteiger charge is -2.47. The maximum absolute atomic E-state index is 2.51. The first-order valence-corrected chi connectivity index (χ1v) is 19.9. The predicted molar refractivity (Wildman–Crippen MR) is 234 cm³/mol. The first-order chi connectivity index (χ1) is 27.3. The van der Waals surface area contributed by atoms with Crippen LogP contribution in [0.5, 0.6) is 0 Å². The van der Waals surface area contributed by atoms with Gasteiger partial charge in [0, 0.05) is 27.9 Å². The molecule has 3 aliphatic rings. The zero-order chi connectivity index (χ0) is 37.8. The molecule has 11 rings (SSSR count). The number of benzene rings is 8. The van der Waals surface area contributed by atoms with E-state index in [4.69, 9.17) is 0 Å². The van der Waals surface area contributed by atoms with E-state index in [1.54, 1.807) is 0 Å². The molecule has 56 heavy (non-hydrogen) atoms. The van der Waals surface area contributed by atoms with Gasteiger partial charge in [-0.3, -0.25) is 0 Å². The van der Waals surface area contributed by atoms with Gasteiger partial charge in [-0.15, -0.1) is 0 Å². The third-order valence-electron chi connectivity index (χ3n) is 13.3. The van der Waals surface area contributed by atoms with Crippen LogP contribution in [-0.2, 0) is 16.2 Å². The zero-order valence-electron chi connectivity index (χ0n) is 32.3. The lowest BCUT2D eigenvalue weighted by atomic mass is 9.55. The monoisotopic (exact) mass is 717 g/mol. The van der Waals surface area contributed by atoms with Gasteiger partial charge in [0.05, 0.1) is 5.41 Å². The van der Waals surface area contributed by atoms with Crippen molar-refractivity contribution in [2.75, 3.05) is 4.90 Å². The van der Waals surface area contributed by atoms with E-state index in [-0.39, 0.29) is 10.8 Å². The summed E-state index contributed by atoms with van der Waals surface area (Å²) in [6.45, 7) is 9.54. The SMILES string of the molecule is CC1(C)c2ccccc2C2(c3ccccc3-c3ccccc32)c2cc(N(c3ccccc3)c3ccc(-c4cccc5c4C(C)(C)c4ccccc4-5)cc3)ccc21. The molecule has 0 bridgehead atoms.